The van der Waals surface area contributed by atoms with Crippen molar-refractivity contribution in [2.75, 3.05) is 13.7 Å². The van der Waals surface area contributed by atoms with Crippen molar-refractivity contribution in [2.24, 2.45) is 5.16 Å². The zero-order valence-electron chi connectivity index (χ0n) is 7.61. The SMILES string of the molecule is C#CC(=O)OC/C=C/C(C)=N/OC. The summed E-state index contributed by atoms with van der Waals surface area (Å²) in [5.74, 6) is 1.15. The van der Waals surface area contributed by atoms with E-state index in [1.807, 2.05) is 5.92 Å². The van der Waals surface area contributed by atoms with Gasteiger partial charge in [-0.05, 0) is 19.1 Å². The first-order valence-electron chi connectivity index (χ1n) is 3.58. The first-order chi connectivity index (χ1) is 6.20. The molecule has 0 N–H and O–H groups in total. The molecule has 4 nitrogen and oxygen atoms in total. The summed E-state index contributed by atoms with van der Waals surface area (Å²) in [6.07, 6.45) is 8.05. The number of carbonyl (C=O) groups is 1. The molecule has 13 heavy (non-hydrogen) atoms. The molecule has 0 unspecified atom stereocenters. The van der Waals surface area contributed by atoms with E-state index in [0.717, 1.165) is 0 Å². The van der Waals surface area contributed by atoms with Gasteiger partial charge in [0, 0.05) is 5.92 Å². The van der Waals surface area contributed by atoms with Gasteiger partial charge in [0.25, 0.3) is 0 Å². The highest BCUT2D eigenvalue weighted by molar-refractivity contribution is 5.92. The van der Waals surface area contributed by atoms with E-state index in [9.17, 15) is 4.79 Å². The maximum Gasteiger partial charge on any atom is 0.384 e. The van der Waals surface area contributed by atoms with E-state index in [2.05, 4.69) is 14.7 Å². The smallest absolute Gasteiger partial charge is 0.384 e. The van der Waals surface area contributed by atoms with Crippen molar-refractivity contribution in [3.8, 4) is 12.3 Å². The number of hydrogen-bond acceptors (Lipinski definition) is 4. The summed E-state index contributed by atoms with van der Waals surface area (Å²) in [6, 6.07) is 0. The molecule has 0 saturated heterocycles. The molecule has 0 bridgehead atoms. The lowest BCUT2D eigenvalue weighted by Crippen LogP contribution is -2.00. The van der Waals surface area contributed by atoms with Crippen LogP contribution in [0.25, 0.3) is 0 Å². The average Bonchev–Trinajstić information content (AvgIpc) is 2.12. The summed E-state index contributed by atoms with van der Waals surface area (Å²) in [5, 5.41) is 3.61. The highest BCUT2D eigenvalue weighted by Gasteiger charge is 1.91. The quantitative estimate of drug-likeness (QED) is 0.211. The average molecular weight is 181 g/mol. The molecule has 0 atom stereocenters. The van der Waals surface area contributed by atoms with Gasteiger partial charge in [0.05, 0.1) is 5.71 Å². The predicted octanol–water partition coefficient (Wildman–Crippen LogP) is 0.741. The molecule has 0 aromatic heterocycles. The van der Waals surface area contributed by atoms with Crippen molar-refractivity contribution in [1.82, 2.24) is 0 Å². The van der Waals surface area contributed by atoms with Gasteiger partial charge in [-0.2, -0.15) is 0 Å². The maximum atomic E-state index is 10.4. The van der Waals surface area contributed by atoms with Gasteiger partial charge >= 0.3 is 5.97 Å². The third-order valence-corrected chi connectivity index (χ3v) is 1.02. The fourth-order valence-corrected chi connectivity index (χ4v) is 0.559. The summed E-state index contributed by atoms with van der Waals surface area (Å²) < 4.78 is 4.56. The number of nitrogens with zero attached hydrogens (tertiary/aromatic N) is 1. The summed E-state index contributed by atoms with van der Waals surface area (Å²) in [6.45, 7) is 1.89. The lowest BCUT2D eigenvalue weighted by atomic mass is 10.4. The molecule has 0 aromatic rings. The standard InChI is InChI=1S/C9H11NO3/c1-4-9(11)13-7-5-6-8(2)10-12-3/h1,5-6H,7H2,2-3H3/b6-5+,10-8+. The topological polar surface area (TPSA) is 47.9 Å². The van der Waals surface area contributed by atoms with Crippen LogP contribution >= 0.6 is 0 Å². The van der Waals surface area contributed by atoms with E-state index in [4.69, 9.17) is 6.42 Å². The molecule has 0 radical (unpaired) electrons. The van der Waals surface area contributed by atoms with Gasteiger partial charge in [0.15, 0.2) is 0 Å². The Hall–Kier alpha value is -1.76. The van der Waals surface area contributed by atoms with Crippen molar-refractivity contribution in [3.63, 3.8) is 0 Å². The van der Waals surface area contributed by atoms with Crippen LogP contribution in [0.1, 0.15) is 6.92 Å². The van der Waals surface area contributed by atoms with Gasteiger partial charge in [0.2, 0.25) is 0 Å². The Morgan fingerprint density at radius 2 is 2.38 bits per heavy atom. The number of terminal acetylenes is 1. The van der Waals surface area contributed by atoms with E-state index >= 15 is 0 Å². The normalized spacial score (nSPS) is 11.0. The van der Waals surface area contributed by atoms with Crippen molar-refractivity contribution in [2.45, 2.75) is 6.92 Å². The summed E-state index contributed by atoms with van der Waals surface area (Å²) in [7, 11) is 1.45. The number of esters is 1. The largest absolute Gasteiger partial charge is 0.452 e. The van der Waals surface area contributed by atoms with Crippen LogP contribution < -0.4 is 0 Å². The molecule has 70 valence electrons. The second kappa shape index (κ2) is 6.92. The minimum absolute atomic E-state index is 0.138. The fourth-order valence-electron chi connectivity index (χ4n) is 0.559. The molecule has 0 fully saturated rings. The van der Waals surface area contributed by atoms with Crippen LogP contribution in [0.15, 0.2) is 17.3 Å². The molecule has 0 aliphatic rings. The monoisotopic (exact) mass is 181 g/mol. The van der Waals surface area contributed by atoms with E-state index < -0.39 is 5.97 Å². The van der Waals surface area contributed by atoms with Gasteiger partial charge in [-0.15, -0.1) is 6.42 Å². The summed E-state index contributed by atoms with van der Waals surface area (Å²) in [4.78, 5) is 14.9. The molecule has 0 aliphatic carbocycles. The molecule has 4 heteroatoms. The Morgan fingerprint density at radius 3 is 2.92 bits per heavy atom. The third-order valence-electron chi connectivity index (χ3n) is 1.02. The van der Waals surface area contributed by atoms with Crippen molar-refractivity contribution in [1.29, 1.82) is 0 Å². The van der Waals surface area contributed by atoms with Gasteiger partial charge in [-0.3, -0.25) is 0 Å². The fraction of sp³-hybridized carbons (Fsp3) is 0.333. The Kier molecular flexibility index (Phi) is 5.98. The number of carbonyl (C=O) groups excluding carboxylic acids is 1. The molecule has 0 aromatic carbocycles. The highest BCUT2D eigenvalue weighted by Crippen LogP contribution is 1.83. The van der Waals surface area contributed by atoms with Crippen LogP contribution in [0.3, 0.4) is 0 Å². The Bertz CT molecular complexity index is 261. The van der Waals surface area contributed by atoms with E-state index in [-0.39, 0.29) is 6.61 Å². The third kappa shape index (κ3) is 6.63. The maximum absolute atomic E-state index is 10.4. The molecule has 0 aliphatic heterocycles. The lowest BCUT2D eigenvalue weighted by molar-refractivity contribution is -0.135. The molecular formula is C9H11NO3. The van der Waals surface area contributed by atoms with Gasteiger partial charge < -0.3 is 9.57 Å². The van der Waals surface area contributed by atoms with Crippen LogP contribution in [0.4, 0.5) is 0 Å². The van der Waals surface area contributed by atoms with Crippen LogP contribution in [-0.4, -0.2) is 25.4 Å². The van der Waals surface area contributed by atoms with Crippen LogP contribution in [0, 0.1) is 12.3 Å². The second-order valence-electron chi connectivity index (χ2n) is 2.06. The van der Waals surface area contributed by atoms with Gasteiger partial charge in [-0.25, -0.2) is 4.79 Å². The second-order valence-corrected chi connectivity index (χ2v) is 2.06. The zero-order valence-corrected chi connectivity index (χ0v) is 7.61. The number of hydrogen-bond donors (Lipinski definition) is 0. The summed E-state index contributed by atoms with van der Waals surface area (Å²) >= 11 is 0. The minimum Gasteiger partial charge on any atom is -0.452 e. The van der Waals surface area contributed by atoms with Crippen molar-refractivity contribution < 1.29 is 14.4 Å². The minimum atomic E-state index is -0.675. The Balaban J connectivity index is 3.71. The van der Waals surface area contributed by atoms with E-state index in [1.54, 1.807) is 19.1 Å². The van der Waals surface area contributed by atoms with E-state index in [1.165, 1.54) is 7.11 Å². The van der Waals surface area contributed by atoms with E-state index in [0.29, 0.717) is 5.71 Å². The van der Waals surface area contributed by atoms with Crippen LogP contribution in [0.2, 0.25) is 0 Å². The number of oxime groups is 1. The first kappa shape index (κ1) is 11.2. The first-order valence-corrected chi connectivity index (χ1v) is 3.58. The van der Waals surface area contributed by atoms with Crippen molar-refractivity contribution >= 4 is 11.7 Å². The van der Waals surface area contributed by atoms with Gasteiger partial charge in [-0.1, -0.05) is 5.16 Å². The van der Waals surface area contributed by atoms with Gasteiger partial charge in [0.1, 0.15) is 13.7 Å². The molecule has 0 rings (SSSR count). The Labute approximate surface area is 77.2 Å². The Morgan fingerprint density at radius 1 is 1.69 bits per heavy atom. The number of rotatable bonds is 4. The molecular weight excluding hydrogens is 170 g/mol. The van der Waals surface area contributed by atoms with Crippen LogP contribution in [0.5, 0.6) is 0 Å². The number of allylic oxidation sites excluding steroid dienone is 1. The summed E-state index contributed by atoms with van der Waals surface area (Å²) in [5.41, 5.74) is 0.680. The predicted molar refractivity (Wildman–Crippen MR) is 49.1 cm³/mol. The molecule has 0 amide bonds. The molecule has 0 spiro atoms. The van der Waals surface area contributed by atoms with Crippen LogP contribution in [-0.2, 0) is 14.4 Å². The molecule has 0 heterocycles. The highest BCUT2D eigenvalue weighted by atomic mass is 16.6. The zero-order chi connectivity index (χ0) is 10.1. The van der Waals surface area contributed by atoms with Crippen molar-refractivity contribution in [3.05, 3.63) is 12.2 Å². The number of ether oxygens (including phenoxy) is 1. The lowest BCUT2D eigenvalue weighted by Gasteiger charge is -1.93. The molecule has 0 saturated carbocycles.